The van der Waals surface area contributed by atoms with Gasteiger partial charge in [0.15, 0.2) is 5.78 Å². The molecule has 0 spiro atoms. The monoisotopic (exact) mass is 467 g/mol. The Balaban J connectivity index is 1.30. The van der Waals surface area contributed by atoms with Crippen LogP contribution in [0.4, 0.5) is 10.1 Å². The van der Waals surface area contributed by atoms with Crippen molar-refractivity contribution in [2.24, 2.45) is 46.8 Å². The number of Topliss-reactive ketones (excluding diaryl/α,β-unsaturated/α-hetero) is 1. The summed E-state index contributed by atoms with van der Waals surface area (Å²) in [4.78, 5) is 16.8. The van der Waals surface area contributed by atoms with E-state index in [4.69, 9.17) is 11.3 Å². The molecule has 5 rings (SSSR count). The van der Waals surface area contributed by atoms with Crippen LogP contribution >= 0.6 is 0 Å². The van der Waals surface area contributed by atoms with Gasteiger partial charge in [-0.15, -0.1) is 0 Å². The molecule has 4 aliphatic rings. The Morgan fingerprint density at radius 2 is 1.94 bits per heavy atom. The first-order valence-corrected chi connectivity index (χ1v) is 13.2. The first-order valence-electron chi connectivity index (χ1n) is 13.2. The van der Waals surface area contributed by atoms with Gasteiger partial charge in [0.2, 0.25) is 5.69 Å². The van der Waals surface area contributed by atoms with Crippen molar-refractivity contribution in [3.05, 3.63) is 35.4 Å². The highest BCUT2D eigenvalue weighted by molar-refractivity contribution is 5.84. The molecule has 0 bridgehead atoms. The normalized spacial score (nSPS) is 43.2. The van der Waals surface area contributed by atoms with Gasteiger partial charge in [0.1, 0.15) is 18.2 Å². The molecule has 0 radical (unpaired) electrons. The van der Waals surface area contributed by atoms with Gasteiger partial charge in [0.25, 0.3) is 0 Å². The van der Waals surface area contributed by atoms with E-state index in [1.54, 1.807) is 0 Å². The van der Waals surface area contributed by atoms with Crippen LogP contribution in [0.5, 0.6) is 5.75 Å². The Morgan fingerprint density at radius 3 is 2.71 bits per heavy atom. The summed E-state index contributed by atoms with van der Waals surface area (Å²) in [5, 5.41) is 10.6. The van der Waals surface area contributed by atoms with Crippen LogP contribution in [0, 0.1) is 59.2 Å². The lowest BCUT2D eigenvalue weighted by atomic mass is 9.48. The molecule has 0 heterocycles. The van der Waals surface area contributed by atoms with E-state index < -0.39 is 11.4 Å². The van der Waals surface area contributed by atoms with E-state index in [0.717, 1.165) is 50.0 Å². The van der Waals surface area contributed by atoms with Gasteiger partial charge in [0, 0.05) is 5.92 Å². The van der Waals surface area contributed by atoms with Crippen molar-refractivity contribution in [2.45, 2.75) is 77.7 Å². The quantitative estimate of drug-likeness (QED) is 0.508. The molecule has 4 fully saturated rings. The van der Waals surface area contributed by atoms with E-state index >= 15 is 0 Å². The molecule has 0 unspecified atom stereocenters. The van der Waals surface area contributed by atoms with Gasteiger partial charge in [-0.3, -0.25) is 4.79 Å². The molecule has 1 N–H and O–H groups in total. The summed E-state index contributed by atoms with van der Waals surface area (Å²) in [5.74, 6) is 3.80. The molecule has 0 aromatic heterocycles. The maximum absolute atomic E-state index is 13.5. The fourth-order valence-corrected chi connectivity index (χ4v) is 9.07. The van der Waals surface area contributed by atoms with Crippen molar-refractivity contribution >= 4 is 11.5 Å². The number of benzene rings is 1. The van der Waals surface area contributed by atoms with E-state index in [1.165, 1.54) is 31.4 Å². The highest BCUT2D eigenvalue weighted by atomic mass is 19.1. The van der Waals surface area contributed by atoms with Gasteiger partial charge < -0.3 is 9.84 Å². The maximum Gasteiger partial charge on any atom is 0.231 e. The third kappa shape index (κ3) is 3.96. The van der Waals surface area contributed by atoms with Gasteiger partial charge in [-0.25, -0.2) is 9.24 Å². The van der Waals surface area contributed by atoms with Gasteiger partial charge >= 0.3 is 0 Å². The summed E-state index contributed by atoms with van der Waals surface area (Å²) in [7, 11) is 0. The topological polar surface area (TPSA) is 50.9 Å². The standard InChI is InChI=1S/C29H38FNO3/c1-17-13-23(25(32)16-34-26-8-6-19(30)14-24(26)31-4)29(3)12-10-21-20-9-11-28(2,33)15-18(20)5-7-22(21)27(17)29/h6,8,14,17-18,20-23,27,33H,5,7,9-13,15-16H2,1-3H3/t17-,18-,20+,21-,22-,23-,27+,28-,29-/m1/s1. The van der Waals surface area contributed by atoms with Crippen LogP contribution in [0.25, 0.3) is 4.85 Å². The molecular weight excluding hydrogens is 429 g/mol. The number of ether oxygens (including phenoxy) is 1. The van der Waals surface area contributed by atoms with E-state index in [0.29, 0.717) is 23.7 Å². The van der Waals surface area contributed by atoms with E-state index in [9.17, 15) is 14.3 Å². The molecule has 184 valence electrons. The lowest BCUT2D eigenvalue weighted by molar-refractivity contribution is -0.134. The van der Waals surface area contributed by atoms with Crippen molar-refractivity contribution in [3.8, 4) is 5.75 Å². The predicted molar refractivity (Wildman–Crippen MR) is 129 cm³/mol. The third-order valence-electron chi connectivity index (χ3n) is 10.4. The molecule has 5 heteroatoms. The summed E-state index contributed by atoms with van der Waals surface area (Å²) in [5.41, 5.74) is -0.382. The minimum absolute atomic E-state index is 0.000548. The van der Waals surface area contributed by atoms with E-state index in [1.807, 2.05) is 6.92 Å². The second-order valence-corrected chi connectivity index (χ2v) is 12.4. The van der Waals surface area contributed by atoms with Crippen LogP contribution in [0.2, 0.25) is 0 Å². The summed E-state index contributed by atoms with van der Waals surface area (Å²) < 4.78 is 19.2. The average molecular weight is 468 g/mol. The highest BCUT2D eigenvalue weighted by Crippen LogP contribution is 2.66. The zero-order valence-electron chi connectivity index (χ0n) is 20.7. The fraction of sp³-hybridized carbons (Fsp3) is 0.724. The summed E-state index contributed by atoms with van der Waals surface area (Å²) in [6.07, 6.45) is 8.65. The molecule has 1 aromatic carbocycles. The number of carbonyl (C=O) groups excluding carboxylic acids is 1. The Bertz CT molecular complexity index is 1000. The minimum Gasteiger partial charge on any atom is -0.497 e. The van der Waals surface area contributed by atoms with Gasteiger partial charge in [-0.05, 0) is 117 Å². The number of rotatable bonds is 4. The van der Waals surface area contributed by atoms with Crippen molar-refractivity contribution in [1.82, 2.24) is 0 Å². The Labute approximate surface area is 203 Å². The minimum atomic E-state index is -0.493. The third-order valence-corrected chi connectivity index (χ3v) is 10.4. The van der Waals surface area contributed by atoms with Crippen LogP contribution in [0.3, 0.4) is 0 Å². The zero-order chi connectivity index (χ0) is 24.3. The number of carbonyl (C=O) groups is 1. The first kappa shape index (κ1) is 23.8. The number of aliphatic hydroxyl groups is 1. The van der Waals surface area contributed by atoms with Crippen molar-refractivity contribution < 1.29 is 19.0 Å². The smallest absolute Gasteiger partial charge is 0.231 e. The molecule has 0 saturated heterocycles. The fourth-order valence-electron chi connectivity index (χ4n) is 9.07. The van der Waals surface area contributed by atoms with Crippen LogP contribution in [-0.2, 0) is 4.79 Å². The van der Waals surface area contributed by atoms with E-state index in [2.05, 4.69) is 18.7 Å². The molecular formula is C29H38FNO3. The van der Waals surface area contributed by atoms with Crippen molar-refractivity contribution in [3.63, 3.8) is 0 Å². The molecule has 4 saturated carbocycles. The van der Waals surface area contributed by atoms with Gasteiger partial charge in [-0.1, -0.05) is 13.8 Å². The summed E-state index contributed by atoms with van der Waals surface area (Å²) in [6.45, 7) is 13.9. The van der Waals surface area contributed by atoms with Crippen LogP contribution < -0.4 is 4.74 Å². The first-order chi connectivity index (χ1) is 16.1. The van der Waals surface area contributed by atoms with Gasteiger partial charge in [-0.2, -0.15) is 0 Å². The Morgan fingerprint density at radius 1 is 1.18 bits per heavy atom. The lowest BCUT2D eigenvalue weighted by Crippen LogP contribution is -2.52. The number of fused-ring (bicyclic) bond motifs is 5. The van der Waals surface area contributed by atoms with Gasteiger partial charge in [0.05, 0.1) is 12.2 Å². The average Bonchev–Trinajstić information content (AvgIpc) is 3.07. The summed E-state index contributed by atoms with van der Waals surface area (Å²) >= 11 is 0. The van der Waals surface area contributed by atoms with Crippen molar-refractivity contribution in [2.75, 3.05) is 6.61 Å². The second-order valence-electron chi connectivity index (χ2n) is 12.4. The Hall–Kier alpha value is -1.93. The van der Waals surface area contributed by atoms with Crippen molar-refractivity contribution in [1.29, 1.82) is 0 Å². The molecule has 4 aliphatic carbocycles. The number of hydrogen-bond donors (Lipinski definition) is 1. The maximum atomic E-state index is 13.5. The molecule has 0 aliphatic heterocycles. The highest BCUT2D eigenvalue weighted by Gasteiger charge is 2.61. The zero-order valence-corrected chi connectivity index (χ0v) is 20.7. The summed E-state index contributed by atoms with van der Waals surface area (Å²) in [6, 6.07) is 3.87. The number of nitrogens with zero attached hydrogens (tertiary/aromatic N) is 1. The van der Waals surface area contributed by atoms with Crippen LogP contribution in [0.1, 0.15) is 72.1 Å². The molecule has 4 nitrogen and oxygen atoms in total. The molecule has 34 heavy (non-hydrogen) atoms. The predicted octanol–water partition coefficient (Wildman–Crippen LogP) is 6.59. The number of hydrogen-bond acceptors (Lipinski definition) is 3. The van der Waals surface area contributed by atoms with E-state index in [-0.39, 0.29) is 35.2 Å². The molecule has 1 aromatic rings. The van der Waals surface area contributed by atoms with Crippen LogP contribution in [0.15, 0.2) is 18.2 Å². The largest absolute Gasteiger partial charge is 0.497 e. The number of ketones is 1. The van der Waals surface area contributed by atoms with Crippen LogP contribution in [-0.4, -0.2) is 23.1 Å². The Kier molecular flexibility index (Phi) is 6.04. The number of halogens is 1. The molecule has 9 atom stereocenters. The lowest BCUT2D eigenvalue weighted by Gasteiger charge is -2.57. The molecule has 0 amide bonds. The SMILES string of the molecule is [C-]#[N+]c1cc(F)ccc1OCC(=O)[C@H]1C[C@@H](C)[C@H]2[C@@H]3CC[C@@H]4C[C@](C)(O)CC[C@@H]4[C@H]3CC[C@@]21C. The second kappa shape index (κ2) is 8.63.